The van der Waals surface area contributed by atoms with Crippen molar-refractivity contribution < 1.29 is 0 Å². The summed E-state index contributed by atoms with van der Waals surface area (Å²) in [7, 11) is 0. The molecule has 0 aromatic heterocycles. The van der Waals surface area contributed by atoms with Crippen LogP contribution in [-0.2, 0) is 0 Å². The van der Waals surface area contributed by atoms with E-state index in [9.17, 15) is 0 Å². The highest BCUT2D eigenvalue weighted by Gasteiger charge is 2.28. The van der Waals surface area contributed by atoms with Gasteiger partial charge in [-0.2, -0.15) is 0 Å². The van der Waals surface area contributed by atoms with Gasteiger partial charge in [-0.05, 0) is 36.0 Å². The van der Waals surface area contributed by atoms with Crippen molar-refractivity contribution in [3.8, 4) is 0 Å². The van der Waals surface area contributed by atoms with E-state index in [1.807, 2.05) is 0 Å². The quantitative estimate of drug-likeness (QED) is 0.546. The van der Waals surface area contributed by atoms with Gasteiger partial charge in [0, 0.05) is 0 Å². The fourth-order valence-corrected chi connectivity index (χ4v) is 3.08. The summed E-state index contributed by atoms with van der Waals surface area (Å²) in [6, 6.07) is 0. The zero-order valence-corrected chi connectivity index (χ0v) is 11.3. The molecule has 1 radical (unpaired) electrons. The third kappa shape index (κ3) is 6.45. The largest absolute Gasteiger partial charge is 0.0654 e. The van der Waals surface area contributed by atoms with Crippen LogP contribution in [0.5, 0.6) is 0 Å². The van der Waals surface area contributed by atoms with Gasteiger partial charge >= 0.3 is 0 Å². The van der Waals surface area contributed by atoms with E-state index in [4.69, 9.17) is 0 Å². The summed E-state index contributed by atoms with van der Waals surface area (Å²) < 4.78 is 0. The molecule has 14 heavy (non-hydrogen) atoms. The van der Waals surface area contributed by atoms with Crippen LogP contribution in [0.25, 0.3) is 0 Å². The van der Waals surface area contributed by atoms with Gasteiger partial charge in [0.15, 0.2) is 0 Å². The Bertz CT molecular complexity index is 151. The molecule has 0 nitrogen and oxygen atoms in total. The maximum atomic E-state index is 2.41. The summed E-state index contributed by atoms with van der Waals surface area (Å²) in [6.07, 6.45) is 5.25. The van der Waals surface area contributed by atoms with Crippen LogP contribution in [0.1, 0.15) is 74.1 Å². The van der Waals surface area contributed by atoms with Gasteiger partial charge in [0.1, 0.15) is 0 Å². The molecule has 0 saturated carbocycles. The minimum Gasteiger partial charge on any atom is -0.0654 e. The second kappa shape index (κ2) is 5.19. The molecule has 0 bridgehead atoms. The van der Waals surface area contributed by atoms with Gasteiger partial charge in [0.05, 0.1) is 0 Å². The van der Waals surface area contributed by atoms with E-state index in [-0.39, 0.29) is 0 Å². The molecule has 0 atom stereocenters. The second-order valence-corrected chi connectivity index (χ2v) is 6.64. The first-order valence-electron chi connectivity index (χ1n) is 5.97. The predicted octanol–water partition coefficient (Wildman–Crippen LogP) is 5.23. The van der Waals surface area contributed by atoms with Crippen molar-refractivity contribution in [2.24, 2.45) is 10.8 Å². The third-order valence-electron chi connectivity index (χ3n) is 2.72. The summed E-state index contributed by atoms with van der Waals surface area (Å²) >= 11 is 0. The zero-order valence-electron chi connectivity index (χ0n) is 11.3. The Morgan fingerprint density at radius 1 is 0.929 bits per heavy atom. The molecule has 0 heteroatoms. The van der Waals surface area contributed by atoms with Gasteiger partial charge in [-0.3, -0.25) is 0 Å². The predicted molar refractivity (Wildman–Crippen MR) is 66.3 cm³/mol. The molecule has 0 aliphatic heterocycles. The molecule has 0 aromatic carbocycles. The molecule has 0 saturated heterocycles. The average Bonchev–Trinajstić information content (AvgIpc) is 1.78. The highest BCUT2D eigenvalue weighted by molar-refractivity contribution is 4.88. The SMILES string of the molecule is CCCC(C)(C)CC(C)(C)C[C](C)C. The Balaban J connectivity index is 4.19. The number of hydrogen-bond acceptors (Lipinski definition) is 0. The summed E-state index contributed by atoms with van der Waals surface area (Å²) in [4.78, 5) is 0. The van der Waals surface area contributed by atoms with Crippen LogP contribution in [0.2, 0.25) is 0 Å². The van der Waals surface area contributed by atoms with Crippen molar-refractivity contribution in [1.82, 2.24) is 0 Å². The summed E-state index contributed by atoms with van der Waals surface area (Å²) in [5, 5.41) is 0. The van der Waals surface area contributed by atoms with E-state index >= 15 is 0 Å². The smallest absolute Gasteiger partial charge is 0.0298 e. The Labute approximate surface area is 91.5 Å². The highest BCUT2D eigenvalue weighted by atomic mass is 14.3. The standard InChI is InChI=1S/C14H29/c1-8-9-13(4,5)11-14(6,7)10-12(2)3/h8-11H2,1-7H3. The van der Waals surface area contributed by atoms with Crippen molar-refractivity contribution in [2.75, 3.05) is 0 Å². The van der Waals surface area contributed by atoms with Gasteiger partial charge in [-0.25, -0.2) is 0 Å². The lowest BCUT2D eigenvalue weighted by atomic mass is 9.70. The molecule has 85 valence electrons. The van der Waals surface area contributed by atoms with E-state index < -0.39 is 0 Å². The maximum absolute atomic E-state index is 2.41. The van der Waals surface area contributed by atoms with Crippen molar-refractivity contribution in [3.05, 3.63) is 5.92 Å². The van der Waals surface area contributed by atoms with Crippen LogP contribution in [0, 0.1) is 16.7 Å². The molecule has 0 spiro atoms. The summed E-state index contributed by atoms with van der Waals surface area (Å²) in [5.41, 5.74) is 0.977. The normalized spacial score (nSPS) is 13.7. The van der Waals surface area contributed by atoms with E-state index in [0.29, 0.717) is 10.8 Å². The first kappa shape index (κ1) is 14.0. The van der Waals surface area contributed by atoms with Crippen molar-refractivity contribution in [3.63, 3.8) is 0 Å². The molecule has 0 aromatic rings. The molecule has 0 aliphatic carbocycles. The topological polar surface area (TPSA) is 0 Å². The van der Waals surface area contributed by atoms with Crippen LogP contribution < -0.4 is 0 Å². The van der Waals surface area contributed by atoms with Gasteiger partial charge in [0.25, 0.3) is 0 Å². The van der Waals surface area contributed by atoms with Crippen LogP contribution >= 0.6 is 0 Å². The summed E-state index contributed by atoms with van der Waals surface area (Å²) in [5.74, 6) is 1.56. The molecular formula is C14H29. The van der Waals surface area contributed by atoms with Crippen LogP contribution in [0.15, 0.2) is 0 Å². The molecule has 0 N–H and O–H groups in total. The lowest BCUT2D eigenvalue weighted by molar-refractivity contribution is 0.175. The Kier molecular flexibility index (Phi) is 5.19. The second-order valence-electron chi connectivity index (χ2n) is 6.64. The third-order valence-corrected chi connectivity index (χ3v) is 2.72. The molecule has 0 heterocycles. The highest BCUT2D eigenvalue weighted by Crippen LogP contribution is 2.40. The van der Waals surface area contributed by atoms with Gasteiger partial charge < -0.3 is 0 Å². The molecule has 0 rings (SSSR count). The molecular weight excluding hydrogens is 168 g/mol. The van der Waals surface area contributed by atoms with Crippen molar-refractivity contribution >= 4 is 0 Å². The Hall–Kier alpha value is 0. The fraction of sp³-hybridized carbons (Fsp3) is 0.929. The van der Waals surface area contributed by atoms with Crippen LogP contribution in [0.4, 0.5) is 0 Å². The molecule has 0 unspecified atom stereocenters. The van der Waals surface area contributed by atoms with E-state index in [1.165, 1.54) is 25.7 Å². The van der Waals surface area contributed by atoms with Gasteiger partial charge in [0.2, 0.25) is 0 Å². The maximum Gasteiger partial charge on any atom is -0.0298 e. The lowest BCUT2D eigenvalue weighted by Gasteiger charge is -2.36. The zero-order chi connectivity index (χ0) is 11.4. The van der Waals surface area contributed by atoms with E-state index in [1.54, 1.807) is 5.92 Å². The van der Waals surface area contributed by atoms with Crippen LogP contribution in [-0.4, -0.2) is 0 Å². The van der Waals surface area contributed by atoms with E-state index in [0.717, 1.165) is 0 Å². The van der Waals surface area contributed by atoms with Crippen molar-refractivity contribution in [1.29, 1.82) is 0 Å². The first-order chi connectivity index (χ1) is 6.18. The fourth-order valence-electron chi connectivity index (χ4n) is 3.08. The minimum atomic E-state index is 0.470. The first-order valence-corrected chi connectivity index (χ1v) is 5.97. The number of rotatable bonds is 6. The molecule has 0 fully saturated rings. The van der Waals surface area contributed by atoms with E-state index in [2.05, 4.69) is 48.5 Å². The Morgan fingerprint density at radius 3 is 1.79 bits per heavy atom. The van der Waals surface area contributed by atoms with Crippen molar-refractivity contribution in [2.45, 2.75) is 74.1 Å². The molecule has 0 aliphatic rings. The lowest BCUT2D eigenvalue weighted by Crippen LogP contribution is -2.24. The van der Waals surface area contributed by atoms with Crippen LogP contribution in [0.3, 0.4) is 0 Å². The number of hydrogen-bond donors (Lipinski definition) is 0. The molecule has 0 amide bonds. The minimum absolute atomic E-state index is 0.470. The van der Waals surface area contributed by atoms with Gasteiger partial charge in [-0.15, -0.1) is 0 Å². The monoisotopic (exact) mass is 197 g/mol. The summed E-state index contributed by atoms with van der Waals surface area (Å²) in [6.45, 7) is 16.4. The van der Waals surface area contributed by atoms with Gasteiger partial charge in [-0.1, -0.05) is 54.9 Å². The Morgan fingerprint density at radius 2 is 1.43 bits per heavy atom. The average molecular weight is 197 g/mol.